The fourth-order valence-electron chi connectivity index (χ4n) is 19.3. The lowest BCUT2D eigenvalue weighted by molar-refractivity contribution is 0.0272. The third kappa shape index (κ3) is 18.2. The highest BCUT2D eigenvalue weighted by Gasteiger charge is 2.49. The molecule has 8 aliphatic heterocycles. The van der Waals surface area contributed by atoms with Gasteiger partial charge in [-0.15, -0.1) is 9.59 Å². The maximum absolute atomic E-state index is 14.9. The molecule has 12 atom stereocenters. The molecular formula is C92H96F5N25O4. The van der Waals surface area contributed by atoms with E-state index in [2.05, 4.69) is 96.5 Å². The first-order chi connectivity index (χ1) is 61.0. The van der Waals surface area contributed by atoms with Gasteiger partial charge in [0.1, 0.15) is 17.2 Å². The number of pyridine rings is 7. The van der Waals surface area contributed by atoms with Gasteiger partial charge in [0.15, 0.2) is 69.7 Å². The first kappa shape index (κ1) is 84.6. The highest BCUT2D eigenvalue weighted by molar-refractivity contribution is 6.02. The van der Waals surface area contributed by atoms with Gasteiger partial charge in [-0.25, -0.2) is 71.8 Å². The number of halogens is 5. The molecular weight excluding hydrogens is 1610 g/mol. The molecule has 19 heterocycles. The number of carbonyl (C=O) groups is 4. The van der Waals surface area contributed by atoms with Gasteiger partial charge in [-0.1, -0.05) is 12.1 Å². The van der Waals surface area contributed by atoms with E-state index in [1.54, 1.807) is 123 Å². The Labute approximate surface area is 724 Å². The lowest BCUT2D eigenvalue weighted by atomic mass is 9.76. The standard InChI is InChI=1S/C24H23F2N5O.C24H25FN6O.2C22H24FN7O/c1-14-10-18(26)23(29-12-14)30-19-11-15-6-7-20(19)31(13-15)24(32)21-16(4-2-5-17(21)25)22-27-8-3-9-28-22;1-14-8-17(21(28-11-14)23-26-6-3-7-27-23)24(32)31-13-16-4-5-20(31)19(10-16)30-22-18(25)9-15(2)12-29-22;1-13-9-16(23)21(24-11-13)28-17-10-15-4-6-18(17)29(12-15)22(31)20-19(5-3-14(2)27-20)30-25-7-8-26-30;1-13-7-16(21(25-11-13)30-26-5-6-27-30)22(31)29-12-15-3-4-19(29)18(9-15)28-20-17(23)8-14(2)10-24-20/h2-5,8-10,12,15,19-20H,6-7,11,13H2,1H3,(H,29,30);3,6-9,11-12,16,19-20H,4-5,10,13H2,1-2H3,(H,29,30);3,5,7-9,11,15,17-18H,4,6,10,12H2,1-2H3,(H,24,28);5-8,10-11,15,18-19H,3-4,9,12H2,1-2H3,(H,24,28). The molecule has 12 unspecified atom stereocenters. The lowest BCUT2D eigenvalue weighted by Crippen LogP contribution is -2.60. The van der Waals surface area contributed by atoms with Crippen molar-refractivity contribution < 1.29 is 41.1 Å². The molecule has 12 aromatic rings. The Kier molecular flexibility index (Phi) is 24.7. The number of carbonyl (C=O) groups excluding carboxylic acids is 4. The second kappa shape index (κ2) is 36.7. The van der Waals surface area contributed by atoms with Crippen LogP contribution < -0.4 is 21.3 Å². The second-order valence-electron chi connectivity index (χ2n) is 34.2. The molecule has 648 valence electrons. The molecule has 4 amide bonds. The first-order valence-corrected chi connectivity index (χ1v) is 42.8. The Hall–Kier alpha value is -13.6. The van der Waals surface area contributed by atoms with Crippen LogP contribution in [-0.4, -0.2) is 203 Å². The van der Waals surface area contributed by atoms with Crippen LogP contribution >= 0.6 is 0 Å². The molecule has 34 heteroatoms. The highest BCUT2D eigenvalue weighted by atomic mass is 19.1. The summed E-state index contributed by atoms with van der Waals surface area (Å²) in [5, 5.41) is 29.7. The fourth-order valence-corrected chi connectivity index (χ4v) is 19.3. The largest absolute Gasteiger partial charge is 0.363 e. The van der Waals surface area contributed by atoms with E-state index in [1.807, 2.05) is 80.5 Å². The van der Waals surface area contributed by atoms with Crippen molar-refractivity contribution in [2.75, 3.05) is 47.4 Å². The highest BCUT2D eigenvalue weighted by Crippen LogP contribution is 2.44. The number of fused-ring (bicyclic) bond motifs is 12. The number of rotatable bonds is 16. The van der Waals surface area contributed by atoms with Crippen molar-refractivity contribution in [2.45, 2.75) is 174 Å². The van der Waals surface area contributed by atoms with Crippen LogP contribution in [0.4, 0.5) is 45.2 Å². The monoisotopic (exact) mass is 1710 g/mol. The number of benzene rings is 1. The van der Waals surface area contributed by atoms with Crippen molar-refractivity contribution in [1.82, 2.24) is 104 Å². The minimum atomic E-state index is -0.600. The van der Waals surface area contributed by atoms with E-state index in [0.717, 1.165) is 116 Å². The summed E-state index contributed by atoms with van der Waals surface area (Å²) in [6.45, 7) is 15.5. The van der Waals surface area contributed by atoms with Crippen LogP contribution in [0.3, 0.4) is 0 Å². The number of nitrogens with one attached hydrogen (secondary N) is 4. The zero-order chi connectivity index (χ0) is 87.6. The Bertz CT molecular complexity index is 5810. The molecule has 11 aromatic heterocycles. The fraction of sp³-hybridized carbons (Fsp3) is 0.380. The van der Waals surface area contributed by atoms with Crippen molar-refractivity contribution in [3.05, 3.63) is 256 Å². The van der Waals surface area contributed by atoms with Crippen LogP contribution in [0, 0.1) is 101 Å². The molecule has 12 aliphatic rings. The van der Waals surface area contributed by atoms with Gasteiger partial charge >= 0.3 is 0 Å². The van der Waals surface area contributed by atoms with Gasteiger partial charge in [-0.05, 0) is 249 Å². The average Bonchev–Trinajstić information content (AvgIpc) is 0.979. The molecule has 29 nitrogen and oxygen atoms in total. The quantitative estimate of drug-likeness (QED) is 0.0653. The smallest absolute Gasteiger partial charge is 0.275 e. The molecule has 24 rings (SSSR count). The van der Waals surface area contributed by atoms with Crippen LogP contribution in [0.2, 0.25) is 0 Å². The Morgan fingerprint density at radius 1 is 0.349 bits per heavy atom. The number of hydrogen-bond donors (Lipinski definition) is 4. The maximum atomic E-state index is 14.9. The second-order valence-corrected chi connectivity index (χ2v) is 34.2. The summed E-state index contributed by atoms with van der Waals surface area (Å²) in [5.74, 6) is 0.594. The molecule has 4 saturated carbocycles. The summed E-state index contributed by atoms with van der Waals surface area (Å²) in [5.41, 5.74) is 8.30. The van der Waals surface area contributed by atoms with Crippen LogP contribution in [0.1, 0.15) is 158 Å². The van der Waals surface area contributed by atoms with Gasteiger partial charge < -0.3 is 40.9 Å². The Morgan fingerprint density at radius 2 is 0.714 bits per heavy atom. The number of aromatic nitrogens is 17. The van der Waals surface area contributed by atoms with Crippen LogP contribution in [-0.2, 0) is 0 Å². The topological polar surface area (TPSA) is 333 Å². The van der Waals surface area contributed by atoms with E-state index in [0.29, 0.717) is 95.2 Å². The van der Waals surface area contributed by atoms with Crippen LogP contribution in [0.15, 0.2) is 166 Å². The number of hydrogen-bond acceptors (Lipinski definition) is 23. The number of anilines is 4. The molecule has 1 aromatic carbocycles. The average molecular weight is 1710 g/mol. The summed E-state index contributed by atoms with van der Waals surface area (Å²) in [6.07, 6.45) is 33.7. The van der Waals surface area contributed by atoms with Gasteiger partial charge in [0.25, 0.3) is 23.6 Å². The van der Waals surface area contributed by atoms with Gasteiger partial charge in [0.2, 0.25) is 0 Å². The summed E-state index contributed by atoms with van der Waals surface area (Å²) >= 11 is 0. The van der Waals surface area contributed by atoms with E-state index in [1.165, 1.54) is 39.9 Å². The normalized spacial score (nSPS) is 22.3. The number of aryl methyl sites for hydroxylation is 7. The van der Waals surface area contributed by atoms with Gasteiger partial charge in [0.05, 0.1) is 65.6 Å². The zero-order valence-corrected chi connectivity index (χ0v) is 70.7. The van der Waals surface area contributed by atoms with Crippen LogP contribution in [0.25, 0.3) is 34.4 Å². The Morgan fingerprint density at radius 3 is 1.13 bits per heavy atom. The van der Waals surface area contributed by atoms with E-state index in [4.69, 9.17) is 0 Å². The molecule has 126 heavy (non-hydrogen) atoms. The van der Waals surface area contributed by atoms with E-state index >= 15 is 0 Å². The number of amides is 4. The Balaban J connectivity index is 0.000000119. The molecule has 4 aliphatic carbocycles. The molecule has 0 spiro atoms. The van der Waals surface area contributed by atoms with Gasteiger partial charge in [0, 0.05) is 124 Å². The minimum Gasteiger partial charge on any atom is -0.363 e. The molecule has 8 saturated heterocycles. The minimum absolute atomic E-state index is 0.0235. The summed E-state index contributed by atoms with van der Waals surface area (Å²) in [6, 6.07) is 20.5. The predicted molar refractivity (Wildman–Crippen MR) is 459 cm³/mol. The summed E-state index contributed by atoms with van der Waals surface area (Å²) < 4.78 is 72.5. The first-order valence-electron chi connectivity index (χ1n) is 42.8. The maximum Gasteiger partial charge on any atom is 0.275 e. The van der Waals surface area contributed by atoms with Crippen molar-refractivity contribution in [1.29, 1.82) is 0 Å². The van der Waals surface area contributed by atoms with Gasteiger partial charge in [-0.3, -0.25) is 24.2 Å². The van der Waals surface area contributed by atoms with Crippen molar-refractivity contribution in [3.63, 3.8) is 0 Å². The lowest BCUT2D eigenvalue weighted by Gasteiger charge is -2.50. The predicted octanol–water partition coefficient (Wildman–Crippen LogP) is 13.9. The third-order valence-corrected chi connectivity index (χ3v) is 25.1. The van der Waals surface area contributed by atoms with E-state index in [-0.39, 0.29) is 124 Å². The third-order valence-electron chi connectivity index (χ3n) is 25.1. The molecule has 8 bridgehead atoms. The van der Waals surface area contributed by atoms with Crippen LogP contribution in [0.5, 0.6) is 0 Å². The SMILES string of the molecule is Cc1cnc(NC2CC3CCC2N(C(=O)c2c(F)cccc2-c2ncccn2)C3)c(F)c1.Cc1cnc(NC2CC3CCC2N(C(=O)c2cc(C)cnc2-c2ncccn2)C3)c(F)c1.Cc1cnc(NC2CC3CCC2N(C(=O)c2cc(C)cnc2-n2nccn2)C3)c(F)c1.Cc1cnc(NC2CC3CCC2N(C(=O)c2nc(C)ccc2-n2nccn2)C3)c(F)c1. The number of piperidine rings is 8. The summed E-state index contributed by atoms with van der Waals surface area (Å²) in [4.78, 5) is 112. The summed E-state index contributed by atoms with van der Waals surface area (Å²) in [7, 11) is 0. The molecule has 12 fully saturated rings. The van der Waals surface area contributed by atoms with Crippen molar-refractivity contribution in [2.24, 2.45) is 23.7 Å². The van der Waals surface area contributed by atoms with Crippen molar-refractivity contribution in [3.8, 4) is 34.4 Å². The zero-order valence-electron chi connectivity index (χ0n) is 70.7. The van der Waals surface area contributed by atoms with E-state index in [9.17, 15) is 41.1 Å². The molecule has 4 N–H and O–H groups in total. The van der Waals surface area contributed by atoms with E-state index < -0.39 is 11.6 Å². The van der Waals surface area contributed by atoms with Crippen molar-refractivity contribution >= 4 is 46.9 Å². The molecule has 0 radical (unpaired) electrons. The van der Waals surface area contributed by atoms with Gasteiger partial charge in [-0.2, -0.15) is 20.4 Å². The number of nitrogens with zero attached hydrogens (tertiary/aromatic N) is 21.